The van der Waals surface area contributed by atoms with Gasteiger partial charge < -0.3 is 15.5 Å². The van der Waals surface area contributed by atoms with Crippen LogP contribution in [0.2, 0.25) is 5.02 Å². The number of amides is 3. The summed E-state index contributed by atoms with van der Waals surface area (Å²) < 4.78 is 0. The Bertz CT molecular complexity index is 571. The highest BCUT2D eigenvalue weighted by molar-refractivity contribution is 6.30. The van der Waals surface area contributed by atoms with Gasteiger partial charge in [0.25, 0.3) is 0 Å². The number of carbonyl (C=O) groups excluding carboxylic acids is 2. The second-order valence-electron chi connectivity index (χ2n) is 4.87. The maximum Gasteiger partial charge on any atom is 0.319 e. The molecule has 1 saturated heterocycles. The highest BCUT2D eigenvalue weighted by Crippen LogP contribution is 2.31. The quantitative estimate of drug-likeness (QED) is 0.875. The van der Waals surface area contributed by atoms with E-state index in [4.69, 9.17) is 11.6 Å². The van der Waals surface area contributed by atoms with Crippen molar-refractivity contribution in [2.75, 3.05) is 14.1 Å². The molecule has 1 aliphatic rings. The average molecular weight is 294 g/mol. The minimum Gasteiger partial charge on any atom is -0.348 e. The van der Waals surface area contributed by atoms with Crippen molar-refractivity contribution in [1.82, 2.24) is 15.5 Å². The van der Waals surface area contributed by atoms with Crippen LogP contribution in [-0.2, 0) is 4.79 Å². The normalized spacial score (nSPS) is 21.9. The van der Waals surface area contributed by atoms with Crippen molar-refractivity contribution in [3.63, 3.8) is 0 Å². The molecular weight excluding hydrogens is 278 g/mol. The third kappa shape index (κ3) is 2.77. The van der Waals surface area contributed by atoms with E-state index in [0.717, 1.165) is 5.56 Å². The van der Waals surface area contributed by atoms with E-state index >= 15 is 0 Å². The Morgan fingerprint density at radius 2 is 2.10 bits per heavy atom. The lowest BCUT2D eigenvalue weighted by molar-refractivity contribution is -0.132. The summed E-state index contributed by atoms with van der Waals surface area (Å²) in [5.41, 5.74) is 1.16. The Labute approximate surface area is 122 Å². The van der Waals surface area contributed by atoms with Crippen LogP contribution in [0.1, 0.15) is 11.6 Å². The van der Waals surface area contributed by atoms with Gasteiger partial charge in [0.1, 0.15) is 5.92 Å². The first-order chi connectivity index (χ1) is 9.40. The molecule has 6 heteroatoms. The Morgan fingerprint density at radius 1 is 1.40 bits per heavy atom. The predicted molar refractivity (Wildman–Crippen MR) is 77.2 cm³/mol. The fourth-order valence-corrected chi connectivity index (χ4v) is 2.43. The van der Waals surface area contributed by atoms with Crippen LogP contribution in [0.25, 0.3) is 0 Å². The van der Waals surface area contributed by atoms with Crippen molar-refractivity contribution >= 4 is 23.5 Å². The van der Waals surface area contributed by atoms with E-state index in [1.807, 2.05) is 6.07 Å². The van der Waals surface area contributed by atoms with Crippen molar-refractivity contribution in [1.29, 1.82) is 0 Å². The minimum atomic E-state index is -0.568. The van der Waals surface area contributed by atoms with Crippen LogP contribution < -0.4 is 10.6 Å². The molecule has 0 saturated carbocycles. The number of rotatable bonds is 2. The highest BCUT2D eigenvalue weighted by atomic mass is 35.5. The zero-order valence-corrected chi connectivity index (χ0v) is 12.1. The number of halogens is 1. The first kappa shape index (κ1) is 14.4. The Morgan fingerprint density at radius 3 is 2.70 bits per heavy atom. The SMILES string of the molecule is C=C1NC(=O)N[C@@H](c2cccc(Cl)c2)[C@@H]1C(=O)N(C)C. The molecule has 20 heavy (non-hydrogen) atoms. The van der Waals surface area contributed by atoms with E-state index in [2.05, 4.69) is 17.2 Å². The molecule has 2 atom stereocenters. The molecule has 5 nitrogen and oxygen atoms in total. The van der Waals surface area contributed by atoms with Gasteiger partial charge in [-0.2, -0.15) is 0 Å². The van der Waals surface area contributed by atoms with Crippen molar-refractivity contribution in [2.24, 2.45) is 5.92 Å². The minimum absolute atomic E-state index is 0.132. The second-order valence-corrected chi connectivity index (χ2v) is 5.30. The van der Waals surface area contributed by atoms with E-state index in [0.29, 0.717) is 10.7 Å². The molecule has 0 aromatic heterocycles. The lowest BCUT2D eigenvalue weighted by atomic mass is 9.88. The summed E-state index contributed by atoms with van der Waals surface area (Å²) in [6, 6.07) is 6.23. The van der Waals surface area contributed by atoms with Gasteiger partial charge in [-0.15, -0.1) is 0 Å². The molecule has 3 amide bonds. The maximum atomic E-state index is 12.3. The van der Waals surface area contributed by atoms with Crippen LogP contribution in [0.15, 0.2) is 36.5 Å². The molecule has 0 radical (unpaired) electrons. The van der Waals surface area contributed by atoms with Crippen LogP contribution >= 0.6 is 11.6 Å². The third-order valence-electron chi connectivity index (χ3n) is 3.18. The zero-order chi connectivity index (χ0) is 14.9. The Balaban J connectivity index is 2.42. The summed E-state index contributed by atoms with van der Waals surface area (Å²) in [5.74, 6) is -0.700. The van der Waals surface area contributed by atoms with E-state index < -0.39 is 12.0 Å². The largest absolute Gasteiger partial charge is 0.348 e. The van der Waals surface area contributed by atoms with E-state index in [-0.39, 0.29) is 11.9 Å². The van der Waals surface area contributed by atoms with Crippen molar-refractivity contribution < 1.29 is 9.59 Å². The second kappa shape index (κ2) is 5.54. The molecule has 2 N–H and O–H groups in total. The molecule has 0 bridgehead atoms. The van der Waals surface area contributed by atoms with Gasteiger partial charge >= 0.3 is 6.03 Å². The van der Waals surface area contributed by atoms with Gasteiger partial charge in [-0.05, 0) is 17.7 Å². The fourth-order valence-electron chi connectivity index (χ4n) is 2.23. The van der Waals surface area contributed by atoms with Crippen molar-refractivity contribution in [3.8, 4) is 0 Å². The summed E-state index contributed by atoms with van der Waals surface area (Å²) >= 11 is 5.98. The number of nitrogens with one attached hydrogen (secondary N) is 2. The van der Waals surface area contributed by atoms with Crippen molar-refractivity contribution in [3.05, 3.63) is 47.1 Å². The molecule has 1 aliphatic heterocycles. The molecule has 1 fully saturated rings. The molecule has 1 heterocycles. The molecule has 0 unspecified atom stereocenters. The zero-order valence-electron chi connectivity index (χ0n) is 11.3. The summed E-state index contributed by atoms with van der Waals surface area (Å²) in [6.45, 7) is 3.80. The van der Waals surface area contributed by atoms with E-state index in [9.17, 15) is 9.59 Å². The van der Waals surface area contributed by atoms with Crippen LogP contribution in [0.4, 0.5) is 4.79 Å². The van der Waals surface area contributed by atoms with Crippen LogP contribution in [0.3, 0.4) is 0 Å². The van der Waals surface area contributed by atoms with E-state index in [1.165, 1.54) is 4.90 Å². The van der Waals surface area contributed by atoms with Gasteiger partial charge in [0.05, 0.1) is 6.04 Å². The lowest BCUT2D eigenvalue weighted by Crippen LogP contribution is -2.52. The summed E-state index contributed by atoms with van der Waals surface area (Å²) in [7, 11) is 3.34. The van der Waals surface area contributed by atoms with Gasteiger partial charge in [-0.25, -0.2) is 4.79 Å². The van der Waals surface area contributed by atoms with Gasteiger partial charge in [-0.3, -0.25) is 4.79 Å². The first-order valence-corrected chi connectivity index (χ1v) is 6.51. The highest BCUT2D eigenvalue weighted by Gasteiger charge is 2.38. The average Bonchev–Trinajstić information content (AvgIpc) is 2.37. The summed E-state index contributed by atoms with van der Waals surface area (Å²) in [6.07, 6.45) is 0. The van der Waals surface area contributed by atoms with Gasteiger partial charge in [-0.1, -0.05) is 30.3 Å². The third-order valence-corrected chi connectivity index (χ3v) is 3.42. The predicted octanol–water partition coefficient (Wildman–Crippen LogP) is 1.91. The standard InChI is InChI=1S/C14H16ClN3O2/c1-8-11(13(19)18(2)3)12(17-14(20)16-8)9-5-4-6-10(15)7-9/h4-7,11-12H,1H2,2-3H3,(H2,16,17,20)/t11-,12+/m1/s1. The van der Waals surface area contributed by atoms with Crippen LogP contribution in [-0.4, -0.2) is 30.9 Å². The molecule has 0 spiro atoms. The maximum absolute atomic E-state index is 12.3. The summed E-state index contributed by atoms with van der Waals surface area (Å²) in [4.78, 5) is 25.4. The Hall–Kier alpha value is -2.01. The molecule has 0 aliphatic carbocycles. The van der Waals surface area contributed by atoms with Crippen molar-refractivity contribution in [2.45, 2.75) is 6.04 Å². The number of urea groups is 1. The van der Waals surface area contributed by atoms with Crippen LogP contribution in [0.5, 0.6) is 0 Å². The summed E-state index contributed by atoms with van der Waals surface area (Å²) in [5, 5.41) is 5.87. The fraction of sp³-hybridized carbons (Fsp3) is 0.286. The topological polar surface area (TPSA) is 61.4 Å². The molecule has 2 rings (SSSR count). The smallest absolute Gasteiger partial charge is 0.319 e. The van der Waals surface area contributed by atoms with Gasteiger partial charge in [0.15, 0.2) is 0 Å². The number of nitrogens with zero attached hydrogens (tertiary/aromatic N) is 1. The number of hydrogen-bond acceptors (Lipinski definition) is 2. The molecule has 1 aromatic carbocycles. The molecule has 106 valence electrons. The van der Waals surface area contributed by atoms with E-state index in [1.54, 1.807) is 32.3 Å². The molecular formula is C14H16ClN3O2. The monoisotopic (exact) mass is 293 g/mol. The van der Waals surface area contributed by atoms with Gasteiger partial charge in [0, 0.05) is 24.8 Å². The van der Waals surface area contributed by atoms with Gasteiger partial charge in [0.2, 0.25) is 5.91 Å². The lowest BCUT2D eigenvalue weighted by Gasteiger charge is -2.35. The van der Waals surface area contributed by atoms with Crippen LogP contribution in [0, 0.1) is 5.92 Å². The number of benzene rings is 1. The Kier molecular flexibility index (Phi) is 3.99. The number of hydrogen-bond donors (Lipinski definition) is 2. The molecule has 1 aromatic rings. The first-order valence-electron chi connectivity index (χ1n) is 6.13. The number of carbonyl (C=O) groups is 2.